The zero-order chi connectivity index (χ0) is 26.4. The van der Waals surface area contributed by atoms with Gasteiger partial charge in [0.15, 0.2) is 0 Å². The molecule has 1 saturated heterocycles. The van der Waals surface area contributed by atoms with Crippen LogP contribution in [0.2, 0.25) is 5.02 Å². The van der Waals surface area contributed by atoms with Gasteiger partial charge in [-0.15, -0.1) is 0 Å². The lowest BCUT2D eigenvalue weighted by molar-refractivity contribution is -0.129. The smallest absolute Gasteiger partial charge is 0.243 e. The van der Waals surface area contributed by atoms with E-state index in [9.17, 15) is 18.0 Å². The third-order valence-electron chi connectivity index (χ3n) is 6.34. The molecule has 9 heteroatoms. The van der Waals surface area contributed by atoms with Crippen molar-refractivity contribution in [1.29, 1.82) is 0 Å². The Kier molecular flexibility index (Phi) is 8.63. The Labute approximate surface area is 223 Å². The van der Waals surface area contributed by atoms with Gasteiger partial charge in [0, 0.05) is 30.3 Å². The monoisotopic (exact) mass is 539 g/mol. The highest BCUT2D eigenvalue weighted by molar-refractivity contribution is 7.89. The number of carbonyl (C=O) groups excluding carboxylic acids is 2. The highest BCUT2D eigenvalue weighted by Crippen LogP contribution is 2.23. The lowest BCUT2D eigenvalue weighted by Crippen LogP contribution is -2.37. The molecule has 0 radical (unpaired) electrons. The van der Waals surface area contributed by atoms with Gasteiger partial charge in [-0.3, -0.25) is 9.59 Å². The van der Waals surface area contributed by atoms with E-state index >= 15 is 0 Å². The minimum absolute atomic E-state index is 0.0547. The van der Waals surface area contributed by atoms with Crippen LogP contribution in [0.15, 0.2) is 77.7 Å². The second kappa shape index (κ2) is 11.9. The number of halogens is 1. The van der Waals surface area contributed by atoms with Gasteiger partial charge in [0.2, 0.25) is 21.8 Å². The number of sulfonamides is 1. The van der Waals surface area contributed by atoms with Crippen molar-refractivity contribution in [3.63, 3.8) is 0 Å². The molecule has 0 spiro atoms. The predicted octanol–water partition coefficient (Wildman–Crippen LogP) is 4.64. The topological polar surface area (TPSA) is 86.8 Å². The van der Waals surface area contributed by atoms with Crippen molar-refractivity contribution in [2.45, 2.75) is 37.6 Å². The van der Waals surface area contributed by atoms with Crippen molar-refractivity contribution in [3.05, 3.63) is 94.5 Å². The van der Waals surface area contributed by atoms with Crippen molar-refractivity contribution in [2.75, 3.05) is 25.0 Å². The van der Waals surface area contributed by atoms with Gasteiger partial charge in [-0.25, -0.2) is 8.42 Å². The molecule has 0 bridgehead atoms. The fourth-order valence-electron chi connectivity index (χ4n) is 4.22. The second-order valence-corrected chi connectivity index (χ2v) is 11.5. The Morgan fingerprint density at radius 1 is 0.946 bits per heavy atom. The minimum atomic E-state index is -3.98. The van der Waals surface area contributed by atoms with Crippen LogP contribution < -0.4 is 5.32 Å². The third-order valence-corrected chi connectivity index (χ3v) is 8.51. The summed E-state index contributed by atoms with van der Waals surface area (Å²) in [4.78, 5) is 27.3. The summed E-state index contributed by atoms with van der Waals surface area (Å²) in [5.74, 6) is -0.380. The standard InChI is InChI=1S/C28H30ClN3O4S/c1-21-8-14-25(15-9-21)37(35,36)32(19-23-6-2-3-7-26(23)29)20-27(33)30-24-12-10-22(11-13-24)18-28(34)31-16-4-5-17-31/h2-3,6-15H,4-5,16-20H2,1H3,(H,30,33). The molecule has 194 valence electrons. The lowest BCUT2D eigenvalue weighted by atomic mass is 10.1. The van der Waals surface area contributed by atoms with Crippen molar-refractivity contribution < 1.29 is 18.0 Å². The number of carbonyl (C=O) groups is 2. The molecule has 0 aromatic heterocycles. The summed E-state index contributed by atoms with van der Waals surface area (Å²) >= 11 is 6.29. The number of anilines is 1. The highest BCUT2D eigenvalue weighted by Gasteiger charge is 2.27. The molecule has 37 heavy (non-hydrogen) atoms. The Hall–Kier alpha value is -3.20. The number of likely N-dealkylation sites (tertiary alicyclic amines) is 1. The number of amides is 2. The van der Waals surface area contributed by atoms with E-state index in [1.54, 1.807) is 60.7 Å². The summed E-state index contributed by atoms with van der Waals surface area (Å²) in [5, 5.41) is 3.19. The fourth-order valence-corrected chi connectivity index (χ4v) is 5.79. The lowest BCUT2D eigenvalue weighted by Gasteiger charge is -2.22. The van der Waals surface area contributed by atoms with Gasteiger partial charge in [-0.05, 0) is 61.2 Å². The van der Waals surface area contributed by atoms with E-state index < -0.39 is 22.5 Å². The molecule has 0 saturated carbocycles. The van der Waals surface area contributed by atoms with Crippen molar-refractivity contribution in [1.82, 2.24) is 9.21 Å². The van der Waals surface area contributed by atoms with E-state index in [1.807, 2.05) is 11.8 Å². The van der Waals surface area contributed by atoms with Gasteiger partial charge >= 0.3 is 0 Å². The summed E-state index contributed by atoms with van der Waals surface area (Å²) in [6.07, 6.45) is 2.41. The molecule has 7 nitrogen and oxygen atoms in total. The number of nitrogens with zero attached hydrogens (tertiary/aromatic N) is 2. The number of hydrogen-bond acceptors (Lipinski definition) is 4. The molecule has 0 aliphatic carbocycles. The normalized spacial score (nSPS) is 13.6. The maximum absolute atomic E-state index is 13.5. The zero-order valence-electron chi connectivity index (χ0n) is 20.7. The molecule has 0 unspecified atom stereocenters. The van der Waals surface area contributed by atoms with Crippen LogP contribution in [-0.4, -0.2) is 49.1 Å². The first-order chi connectivity index (χ1) is 17.7. The molecule has 0 atom stereocenters. The first-order valence-electron chi connectivity index (χ1n) is 12.2. The molecule has 2 amide bonds. The van der Waals surface area contributed by atoms with E-state index in [-0.39, 0.29) is 17.3 Å². The first-order valence-corrected chi connectivity index (χ1v) is 14.0. The third kappa shape index (κ3) is 6.97. The number of rotatable bonds is 9. The maximum Gasteiger partial charge on any atom is 0.243 e. The Morgan fingerprint density at radius 2 is 1.59 bits per heavy atom. The van der Waals surface area contributed by atoms with Gasteiger partial charge in [0.1, 0.15) is 0 Å². The molecule has 1 aliphatic rings. The molecular weight excluding hydrogens is 510 g/mol. The van der Waals surface area contributed by atoms with E-state index in [0.29, 0.717) is 22.7 Å². The van der Waals surface area contributed by atoms with Crippen molar-refractivity contribution in [3.8, 4) is 0 Å². The fraction of sp³-hybridized carbons (Fsp3) is 0.286. The van der Waals surface area contributed by atoms with Gasteiger partial charge in [-0.1, -0.05) is 59.6 Å². The van der Waals surface area contributed by atoms with Crippen LogP contribution in [0.1, 0.15) is 29.5 Å². The summed E-state index contributed by atoms with van der Waals surface area (Å²) < 4.78 is 28.1. The molecule has 4 rings (SSSR count). The van der Waals surface area contributed by atoms with Crippen LogP contribution in [0, 0.1) is 6.92 Å². The first kappa shape index (κ1) is 26.9. The number of nitrogens with one attached hydrogen (secondary N) is 1. The number of aryl methyl sites for hydroxylation is 1. The molecule has 1 aliphatic heterocycles. The largest absolute Gasteiger partial charge is 0.342 e. The Morgan fingerprint density at radius 3 is 2.24 bits per heavy atom. The van der Waals surface area contributed by atoms with Crippen LogP contribution in [-0.2, 0) is 32.6 Å². The van der Waals surface area contributed by atoms with E-state index in [4.69, 9.17) is 11.6 Å². The highest BCUT2D eigenvalue weighted by atomic mass is 35.5. The summed E-state index contributed by atoms with van der Waals surface area (Å²) in [5.41, 5.74) is 2.91. The summed E-state index contributed by atoms with van der Waals surface area (Å²) in [7, 11) is -3.98. The number of hydrogen-bond donors (Lipinski definition) is 1. The average molecular weight is 540 g/mol. The molecule has 1 heterocycles. The van der Waals surface area contributed by atoms with Crippen molar-refractivity contribution >= 4 is 39.1 Å². The van der Waals surface area contributed by atoms with Crippen molar-refractivity contribution in [2.24, 2.45) is 0 Å². The molecule has 1 fully saturated rings. The van der Waals surface area contributed by atoms with Gasteiger partial charge in [0.05, 0.1) is 17.9 Å². The maximum atomic E-state index is 13.5. The number of benzene rings is 3. The Bertz CT molecular complexity index is 1350. The molecule has 3 aromatic carbocycles. The van der Waals surface area contributed by atoms with Crippen LogP contribution in [0.4, 0.5) is 5.69 Å². The quantitative estimate of drug-likeness (QED) is 0.429. The van der Waals surface area contributed by atoms with Crippen LogP contribution >= 0.6 is 11.6 Å². The molecule has 3 aromatic rings. The van der Waals surface area contributed by atoms with E-state index in [1.165, 1.54) is 12.1 Å². The molecule has 1 N–H and O–H groups in total. The van der Waals surface area contributed by atoms with Crippen LogP contribution in [0.5, 0.6) is 0 Å². The van der Waals surface area contributed by atoms with E-state index in [2.05, 4.69) is 5.32 Å². The predicted molar refractivity (Wildman–Crippen MR) is 145 cm³/mol. The summed E-state index contributed by atoms with van der Waals surface area (Å²) in [6, 6.07) is 20.5. The zero-order valence-corrected chi connectivity index (χ0v) is 22.3. The average Bonchev–Trinajstić information content (AvgIpc) is 3.42. The molecular formula is C28H30ClN3O4S. The van der Waals surface area contributed by atoms with E-state index in [0.717, 1.165) is 41.4 Å². The van der Waals surface area contributed by atoms with Crippen LogP contribution in [0.3, 0.4) is 0 Å². The summed E-state index contributed by atoms with van der Waals surface area (Å²) in [6.45, 7) is 3.04. The SMILES string of the molecule is Cc1ccc(S(=O)(=O)N(CC(=O)Nc2ccc(CC(=O)N3CCCC3)cc2)Cc2ccccc2Cl)cc1. The second-order valence-electron chi connectivity index (χ2n) is 9.19. The van der Waals surface area contributed by atoms with Gasteiger partial charge in [0.25, 0.3) is 0 Å². The van der Waals surface area contributed by atoms with Gasteiger partial charge < -0.3 is 10.2 Å². The Balaban J connectivity index is 1.47. The van der Waals surface area contributed by atoms with Crippen LogP contribution in [0.25, 0.3) is 0 Å². The van der Waals surface area contributed by atoms with Gasteiger partial charge in [-0.2, -0.15) is 4.31 Å². The minimum Gasteiger partial charge on any atom is -0.342 e.